The minimum Gasteiger partial charge on any atom is -0.481 e. The molecule has 0 aromatic heterocycles. The third-order valence-electron chi connectivity index (χ3n) is 2.15. The molecule has 0 aliphatic rings. The van der Waals surface area contributed by atoms with Gasteiger partial charge in [-0.25, -0.2) is 0 Å². The van der Waals surface area contributed by atoms with Gasteiger partial charge in [-0.05, 0) is 27.2 Å². The van der Waals surface area contributed by atoms with E-state index in [-0.39, 0.29) is 36.7 Å². The van der Waals surface area contributed by atoms with E-state index in [1.807, 2.05) is 13.8 Å². The van der Waals surface area contributed by atoms with Gasteiger partial charge < -0.3 is 15.7 Å². The Morgan fingerprint density at radius 1 is 1.00 bits per heavy atom. The van der Waals surface area contributed by atoms with Crippen LogP contribution in [0, 0.1) is 0 Å². The molecule has 6 nitrogen and oxygen atoms in total. The molecular weight excluding hydrogens is 236 g/mol. The summed E-state index contributed by atoms with van der Waals surface area (Å²) in [4.78, 5) is 33.1. The summed E-state index contributed by atoms with van der Waals surface area (Å²) in [6.07, 6.45) is 0.901. The minimum atomic E-state index is -0.945. The van der Waals surface area contributed by atoms with Crippen molar-refractivity contribution in [2.45, 2.75) is 58.5 Å². The number of nitrogens with one attached hydrogen (secondary N) is 2. The van der Waals surface area contributed by atoms with Crippen LogP contribution in [-0.2, 0) is 14.4 Å². The summed E-state index contributed by atoms with van der Waals surface area (Å²) in [5.41, 5.74) is 0. The van der Waals surface area contributed by atoms with Crippen LogP contribution in [0.2, 0.25) is 0 Å². The SMILES string of the molecule is CC(C)NC(=O)CCCC(=O)NC(C)CC(=O)O. The number of aliphatic carboxylic acids is 1. The topological polar surface area (TPSA) is 95.5 Å². The Kier molecular flexibility index (Phi) is 7.74. The number of hydrogen-bond acceptors (Lipinski definition) is 3. The molecular formula is C12H22N2O4. The van der Waals surface area contributed by atoms with Gasteiger partial charge in [0, 0.05) is 24.9 Å². The Morgan fingerprint density at radius 2 is 1.50 bits per heavy atom. The first-order chi connectivity index (χ1) is 8.31. The van der Waals surface area contributed by atoms with E-state index in [0.717, 1.165) is 0 Å². The van der Waals surface area contributed by atoms with Crippen molar-refractivity contribution in [3.05, 3.63) is 0 Å². The molecule has 0 heterocycles. The predicted octanol–water partition coefficient (Wildman–Crippen LogP) is 0.661. The Morgan fingerprint density at radius 3 is 1.94 bits per heavy atom. The zero-order valence-electron chi connectivity index (χ0n) is 11.2. The first kappa shape index (κ1) is 16.4. The van der Waals surface area contributed by atoms with Crippen molar-refractivity contribution in [3.63, 3.8) is 0 Å². The van der Waals surface area contributed by atoms with Crippen LogP contribution in [0.25, 0.3) is 0 Å². The van der Waals surface area contributed by atoms with Crippen LogP contribution < -0.4 is 10.6 Å². The molecule has 0 aliphatic heterocycles. The summed E-state index contributed by atoms with van der Waals surface area (Å²) >= 11 is 0. The average molecular weight is 258 g/mol. The Balaban J connectivity index is 3.71. The molecule has 0 fully saturated rings. The molecule has 0 radical (unpaired) electrons. The fourth-order valence-electron chi connectivity index (χ4n) is 1.46. The Bertz CT molecular complexity index is 302. The summed E-state index contributed by atoms with van der Waals surface area (Å²) in [7, 11) is 0. The predicted molar refractivity (Wildman–Crippen MR) is 67.0 cm³/mol. The number of carbonyl (C=O) groups is 3. The average Bonchev–Trinajstić information content (AvgIpc) is 2.13. The molecule has 0 saturated carbocycles. The molecule has 1 unspecified atom stereocenters. The van der Waals surface area contributed by atoms with Crippen LogP contribution >= 0.6 is 0 Å². The van der Waals surface area contributed by atoms with Crippen LogP contribution in [0.4, 0.5) is 0 Å². The Labute approximate surface area is 107 Å². The maximum atomic E-state index is 11.4. The van der Waals surface area contributed by atoms with E-state index in [2.05, 4.69) is 10.6 Å². The standard InChI is InChI=1S/C12H22N2O4/c1-8(2)13-10(15)5-4-6-11(16)14-9(3)7-12(17)18/h8-9H,4-7H2,1-3H3,(H,13,15)(H,14,16)(H,17,18). The lowest BCUT2D eigenvalue weighted by molar-refractivity contribution is -0.137. The van der Waals surface area contributed by atoms with E-state index in [4.69, 9.17) is 5.11 Å². The van der Waals surface area contributed by atoms with Crippen molar-refractivity contribution in [1.82, 2.24) is 10.6 Å². The number of carbonyl (C=O) groups excluding carboxylic acids is 2. The van der Waals surface area contributed by atoms with Crippen LogP contribution in [0.3, 0.4) is 0 Å². The second-order valence-corrected chi connectivity index (χ2v) is 4.64. The smallest absolute Gasteiger partial charge is 0.305 e. The highest BCUT2D eigenvalue weighted by atomic mass is 16.4. The van der Waals surface area contributed by atoms with E-state index < -0.39 is 5.97 Å². The van der Waals surface area contributed by atoms with E-state index in [1.165, 1.54) is 0 Å². The van der Waals surface area contributed by atoms with Gasteiger partial charge in [0.1, 0.15) is 0 Å². The molecule has 0 aromatic carbocycles. The normalized spacial score (nSPS) is 12.0. The third-order valence-corrected chi connectivity index (χ3v) is 2.15. The van der Waals surface area contributed by atoms with Gasteiger partial charge in [0.2, 0.25) is 11.8 Å². The summed E-state index contributed by atoms with van der Waals surface area (Å²) in [5.74, 6) is -1.24. The highest BCUT2D eigenvalue weighted by molar-refractivity contribution is 5.79. The number of carboxylic acids is 1. The Hall–Kier alpha value is -1.59. The number of carboxylic acid groups (broad SMARTS) is 1. The molecule has 104 valence electrons. The highest BCUT2D eigenvalue weighted by Crippen LogP contribution is 1.98. The molecule has 0 saturated heterocycles. The first-order valence-electron chi connectivity index (χ1n) is 6.11. The zero-order valence-corrected chi connectivity index (χ0v) is 11.2. The molecule has 0 rings (SSSR count). The van der Waals surface area contributed by atoms with Crippen molar-refractivity contribution in [2.75, 3.05) is 0 Å². The molecule has 3 N–H and O–H groups in total. The summed E-state index contributed by atoms with van der Waals surface area (Å²) in [6, 6.07) is -0.290. The van der Waals surface area contributed by atoms with Crippen LogP contribution in [0.15, 0.2) is 0 Å². The fraction of sp³-hybridized carbons (Fsp3) is 0.750. The van der Waals surface area contributed by atoms with E-state index >= 15 is 0 Å². The second kappa shape index (κ2) is 8.49. The maximum Gasteiger partial charge on any atom is 0.305 e. The first-order valence-corrected chi connectivity index (χ1v) is 6.11. The lowest BCUT2D eigenvalue weighted by Gasteiger charge is -2.11. The van der Waals surface area contributed by atoms with Crippen LogP contribution in [-0.4, -0.2) is 35.0 Å². The van der Waals surface area contributed by atoms with Gasteiger partial charge in [-0.15, -0.1) is 0 Å². The van der Waals surface area contributed by atoms with Gasteiger partial charge in [0.15, 0.2) is 0 Å². The van der Waals surface area contributed by atoms with Crippen molar-refractivity contribution in [3.8, 4) is 0 Å². The second-order valence-electron chi connectivity index (χ2n) is 4.64. The van der Waals surface area contributed by atoms with Crippen LogP contribution in [0.1, 0.15) is 46.5 Å². The number of amides is 2. The minimum absolute atomic E-state index is 0.0728. The van der Waals surface area contributed by atoms with Crippen LogP contribution in [0.5, 0.6) is 0 Å². The molecule has 2 amide bonds. The van der Waals surface area contributed by atoms with E-state index in [9.17, 15) is 14.4 Å². The molecule has 18 heavy (non-hydrogen) atoms. The largest absolute Gasteiger partial charge is 0.481 e. The number of rotatable bonds is 8. The summed E-state index contributed by atoms with van der Waals surface area (Å²) in [5, 5.41) is 13.8. The molecule has 0 aliphatic carbocycles. The highest BCUT2D eigenvalue weighted by Gasteiger charge is 2.11. The van der Waals surface area contributed by atoms with Gasteiger partial charge in [0.05, 0.1) is 6.42 Å². The molecule has 0 spiro atoms. The van der Waals surface area contributed by atoms with Gasteiger partial charge in [0.25, 0.3) is 0 Å². The van der Waals surface area contributed by atoms with Gasteiger partial charge in [-0.1, -0.05) is 0 Å². The van der Waals surface area contributed by atoms with Crippen molar-refractivity contribution >= 4 is 17.8 Å². The van der Waals surface area contributed by atoms with Gasteiger partial charge in [-0.2, -0.15) is 0 Å². The summed E-state index contributed by atoms with van der Waals surface area (Å²) < 4.78 is 0. The lowest BCUT2D eigenvalue weighted by Crippen LogP contribution is -2.34. The van der Waals surface area contributed by atoms with Gasteiger partial charge >= 0.3 is 5.97 Å². The van der Waals surface area contributed by atoms with E-state index in [1.54, 1.807) is 6.92 Å². The van der Waals surface area contributed by atoms with Gasteiger partial charge in [-0.3, -0.25) is 14.4 Å². The van der Waals surface area contributed by atoms with E-state index in [0.29, 0.717) is 12.8 Å². The maximum absolute atomic E-state index is 11.4. The van der Waals surface area contributed by atoms with Crippen molar-refractivity contribution in [2.24, 2.45) is 0 Å². The van der Waals surface area contributed by atoms with Crippen molar-refractivity contribution in [1.29, 1.82) is 0 Å². The summed E-state index contributed by atoms with van der Waals surface area (Å²) in [6.45, 7) is 5.38. The van der Waals surface area contributed by atoms with Crippen molar-refractivity contribution < 1.29 is 19.5 Å². The number of hydrogen-bond donors (Lipinski definition) is 3. The lowest BCUT2D eigenvalue weighted by atomic mass is 10.2. The zero-order chi connectivity index (χ0) is 14.1. The molecule has 1 atom stereocenters. The third kappa shape index (κ3) is 9.62. The monoisotopic (exact) mass is 258 g/mol. The quantitative estimate of drug-likeness (QED) is 0.596. The fourth-order valence-corrected chi connectivity index (χ4v) is 1.46. The molecule has 6 heteroatoms. The molecule has 0 bridgehead atoms. The molecule has 0 aromatic rings.